The molecular weight excluding hydrogens is 276 g/mol. The molecule has 3 heteroatoms. The molecule has 0 unspecified atom stereocenters. The van der Waals surface area contributed by atoms with Crippen molar-refractivity contribution in [2.75, 3.05) is 0 Å². The van der Waals surface area contributed by atoms with Crippen LogP contribution in [-0.2, 0) is 12.8 Å². The molecule has 0 saturated heterocycles. The van der Waals surface area contributed by atoms with E-state index in [1.807, 2.05) is 0 Å². The molecule has 100 valence electrons. The van der Waals surface area contributed by atoms with Crippen molar-refractivity contribution in [2.24, 2.45) is 0 Å². The van der Waals surface area contributed by atoms with Crippen molar-refractivity contribution in [3.63, 3.8) is 0 Å². The number of hydrogen-bond donors (Lipinski definition) is 0. The Kier molecular flexibility index (Phi) is 6.33. The lowest BCUT2D eigenvalue weighted by Gasteiger charge is -2.13. The van der Waals surface area contributed by atoms with Gasteiger partial charge in [0.2, 0.25) is 0 Å². The van der Waals surface area contributed by atoms with Gasteiger partial charge in [0.25, 0.3) is 0 Å². The van der Waals surface area contributed by atoms with Crippen LogP contribution in [0, 0.1) is 0 Å². The lowest BCUT2D eigenvalue weighted by atomic mass is 10.2. The molecule has 0 spiro atoms. The van der Waals surface area contributed by atoms with E-state index < -0.39 is 0 Å². The molecule has 0 nitrogen and oxygen atoms in total. The molecule has 0 aliphatic rings. The normalized spacial score (nSPS) is 11.6. The lowest BCUT2D eigenvalue weighted by molar-refractivity contribution is 1.07. The van der Waals surface area contributed by atoms with Crippen molar-refractivity contribution in [1.82, 2.24) is 0 Å². The van der Waals surface area contributed by atoms with Crippen LogP contribution in [0.2, 0.25) is 12.1 Å². The number of rotatable bonds is 7. The third-order valence-corrected chi connectivity index (χ3v) is 23.6. The maximum Gasteiger partial charge on any atom is 0.0213 e. The van der Waals surface area contributed by atoms with Gasteiger partial charge >= 0.3 is 0 Å². The molecule has 0 N–H and O–H groups in total. The lowest BCUT2D eigenvalue weighted by Crippen LogP contribution is -2.23. The molecule has 2 rings (SSSR count). The summed E-state index contributed by atoms with van der Waals surface area (Å²) in [5.41, 5.74) is 3.09. The number of hydrogen-bond acceptors (Lipinski definition) is 0. The van der Waals surface area contributed by atoms with Crippen molar-refractivity contribution < 1.29 is 0 Å². The summed E-state index contributed by atoms with van der Waals surface area (Å²) in [7, 11) is 1.55. The molecule has 0 amide bonds. The van der Waals surface area contributed by atoms with E-state index in [2.05, 4.69) is 60.7 Å². The fourth-order valence-corrected chi connectivity index (χ4v) is 16.2. The molecule has 0 heterocycles. The Labute approximate surface area is 123 Å². The van der Waals surface area contributed by atoms with E-state index in [-0.39, 0.29) is 8.31 Å². The molecule has 2 aromatic rings. The van der Waals surface area contributed by atoms with E-state index in [0.29, 0.717) is 8.55 Å². The summed E-state index contributed by atoms with van der Waals surface area (Å²) < 4.78 is 0. The van der Waals surface area contributed by atoms with Gasteiger partial charge in [-0.05, 0) is 42.3 Å². The van der Waals surface area contributed by atoms with E-state index >= 15 is 0 Å². The standard InChI is InChI=1S/C16H24Si3/c17-18-19(13-11-15-7-3-1-4-8-15)14-12-16-9-5-2-6-10-16/h1-10,19H,11-14,18H2,17H3. The molecule has 0 saturated carbocycles. The van der Waals surface area contributed by atoms with Crippen molar-refractivity contribution >= 4 is 26.6 Å². The van der Waals surface area contributed by atoms with E-state index in [1.54, 1.807) is 23.2 Å². The Morgan fingerprint density at radius 2 is 1.16 bits per heavy atom. The summed E-state index contributed by atoms with van der Waals surface area (Å²) in [6.45, 7) is 0. The van der Waals surface area contributed by atoms with Crippen LogP contribution in [0.5, 0.6) is 0 Å². The monoisotopic (exact) mass is 300 g/mol. The van der Waals surface area contributed by atoms with Crippen molar-refractivity contribution in [3.05, 3.63) is 71.8 Å². The number of benzene rings is 2. The van der Waals surface area contributed by atoms with Gasteiger partial charge in [-0.25, -0.2) is 0 Å². The highest BCUT2D eigenvalue weighted by molar-refractivity contribution is 7.31. The van der Waals surface area contributed by atoms with E-state index in [9.17, 15) is 0 Å². The first-order valence-electron chi connectivity index (χ1n) is 7.46. The highest BCUT2D eigenvalue weighted by Gasteiger charge is 2.09. The minimum Gasteiger partial charge on any atom is -0.0622 e. The molecule has 0 radical (unpaired) electrons. The van der Waals surface area contributed by atoms with Crippen LogP contribution < -0.4 is 0 Å². The maximum atomic E-state index is 2.29. The smallest absolute Gasteiger partial charge is 0.0213 e. The van der Waals surface area contributed by atoms with Crippen LogP contribution in [-0.4, -0.2) is 26.6 Å². The summed E-state index contributed by atoms with van der Waals surface area (Å²) >= 11 is 0. The largest absolute Gasteiger partial charge is 0.0622 e. The first-order valence-corrected chi connectivity index (χ1v) is 18.0. The highest BCUT2D eigenvalue weighted by atomic mass is 29.5. The predicted octanol–water partition coefficient (Wildman–Crippen LogP) is 1.64. The van der Waals surface area contributed by atoms with Gasteiger partial charge < -0.3 is 0 Å². The predicted molar refractivity (Wildman–Crippen MR) is 95.5 cm³/mol. The Bertz CT molecular complexity index is 412. The molecule has 0 fully saturated rings. The molecule has 0 bridgehead atoms. The van der Waals surface area contributed by atoms with Crippen LogP contribution >= 0.6 is 0 Å². The molecule has 0 aliphatic heterocycles. The van der Waals surface area contributed by atoms with Crippen molar-refractivity contribution in [3.8, 4) is 0 Å². The summed E-state index contributed by atoms with van der Waals surface area (Å²) in [5, 5.41) is 0. The molecule has 0 atom stereocenters. The third kappa shape index (κ3) is 5.30. The fraction of sp³-hybridized carbons (Fsp3) is 0.250. The number of aryl methyl sites for hydroxylation is 2. The fourth-order valence-electron chi connectivity index (χ4n) is 2.58. The van der Waals surface area contributed by atoms with Crippen LogP contribution in [0.1, 0.15) is 11.1 Å². The highest BCUT2D eigenvalue weighted by Crippen LogP contribution is 2.10. The zero-order chi connectivity index (χ0) is 13.3. The van der Waals surface area contributed by atoms with Crippen molar-refractivity contribution in [1.29, 1.82) is 0 Å². The second kappa shape index (κ2) is 8.30. The van der Waals surface area contributed by atoms with Gasteiger partial charge in [-0.1, -0.05) is 72.8 Å². The first kappa shape index (κ1) is 14.5. The van der Waals surface area contributed by atoms with Crippen LogP contribution in [0.25, 0.3) is 0 Å². The minimum absolute atomic E-state index is 0.352. The molecular formula is C16H24Si3. The topological polar surface area (TPSA) is 0 Å². The van der Waals surface area contributed by atoms with Crippen molar-refractivity contribution in [2.45, 2.75) is 24.9 Å². The molecule has 0 aromatic heterocycles. The van der Waals surface area contributed by atoms with Gasteiger partial charge in [0.05, 0.1) is 0 Å². The van der Waals surface area contributed by atoms with Gasteiger partial charge in [0.15, 0.2) is 0 Å². The summed E-state index contributed by atoms with van der Waals surface area (Å²) in [6, 6.07) is 25.2. The Morgan fingerprint density at radius 3 is 1.53 bits per heavy atom. The van der Waals surface area contributed by atoms with Crippen LogP contribution in [0.3, 0.4) is 0 Å². The van der Waals surface area contributed by atoms with Gasteiger partial charge in [-0.2, -0.15) is 0 Å². The molecule has 2 aromatic carbocycles. The van der Waals surface area contributed by atoms with Gasteiger partial charge in [0.1, 0.15) is 0 Å². The maximum absolute atomic E-state index is 2.29. The molecule has 19 heavy (non-hydrogen) atoms. The Morgan fingerprint density at radius 1 is 0.737 bits per heavy atom. The minimum atomic E-state index is -0.352. The Balaban J connectivity index is 1.77. The second-order valence-electron chi connectivity index (χ2n) is 5.32. The average molecular weight is 301 g/mol. The average Bonchev–Trinajstić information content (AvgIpc) is 2.49. The summed E-state index contributed by atoms with van der Waals surface area (Å²) in [5.74, 6) is 0. The van der Waals surface area contributed by atoms with E-state index in [4.69, 9.17) is 0 Å². The van der Waals surface area contributed by atoms with Gasteiger partial charge in [0, 0.05) is 8.31 Å². The van der Waals surface area contributed by atoms with Crippen LogP contribution in [0.4, 0.5) is 0 Å². The Hall–Kier alpha value is -0.909. The third-order valence-electron chi connectivity index (χ3n) is 3.95. The zero-order valence-corrected chi connectivity index (χ0v) is 16.5. The quantitative estimate of drug-likeness (QED) is 0.682. The molecule has 0 aliphatic carbocycles. The first-order chi connectivity index (χ1) is 9.38. The summed E-state index contributed by atoms with van der Waals surface area (Å²) in [4.78, 5) is 0. The zero-order valence-electron chi connectivity index (χ0n) is 11.9. The summed E-state index contributed by atoms with van der Waals surface area (Å²) in [6.07, 6.45) is 2.67. The second-order valence-corrected chi connectivity index (χ2v) is 22.3. The van der Waals surface area contributed by atoms with Gasteiger partial charge in [-0.15, -0.1) is 0 Å². The SMILES string of the molecule is [SiH3][SiH2][SiH](CCc1ccccc1)CCc1ccccc1. The van der Waals surface area contributed by atoms with Gasteiger partial charge in [-0.3, -0.25) is 0 Å². The van der Waals surface area contributed by atoms with E-state index in [0.717, 1.165) is 0 Å². The van der Waals surface area contributed by atoms with E-state index in [1.165, 1.54) is 22.6 Å². The van der Waals surface area contributed by atoms with Crippen LogP contribution in [0.15, 0.2) is 60.7 Å².